The molecule has 168 valence electrons. The molecule has 1 amide bonds. The predicted octanol–water partition coefficient (Wildman–Crippen LogP) is 4.12. The Balaban J connectivity index is 1.60. The number of hydrogen-bond donors (Lipinski definition) is 0. The van der Waals surface area contributed by atoms with Crippen molar-refractivity contribution in [3.05, 3.63) is 66.1 Å². The zero-order valence-electron chi connectivity index (χ0n) is 18.9. The average Bonchev–Trinajstić information content (AvgIpc) is 3.28. The Hall–Kier alpha value is -3.94. The number of amides is 1. The molecular formula is C25H25N5O3. The van der Waals surface area contributed by atoms with E-state index in [2.05, 4.69) is 10.1 Å². The fraction of sp³-hybridized carbons (Fsp3) is 0.280. The molecule has 0 bridgehead atoms. The van der Waals surface area contributed by atoms with Gasteiger partial charge in [-0.1, -0.05) is 6.07 Å². The molecule has 33 heavy (non-hydrogen) atoms. The summed E-state index contributed by atoms with van der Waals surface area (Å²) in [7, 11) is 1.78. The second-order valence-corrected chi connectivity index (χ2v) is 8.32. The number of carbonyl (C=O) groups is 1. The molecule has 3 aromatic heterocycles. The molecule has 0 atom stereocenters. The summed E-state index contributed by atoms with van der Waals surface area (Å²) < 4.78 is 13.2. The van der Waals surface area contributed by atoms with Crippen molar-refractivity contribution in [3.8, 4) is 22.8 Å². The average molecular weight is 444 g/mol. The Morgan fingerprint density at radius 1 is 1.12 bits per heavy atom. The second kappa shape index (κ2) is 8.54. The van der Waals surface area contributed by atoms with E-state index in [9.17, 15) is 4.79 Å². The standard InChI is InChI=1S/C25H25N5O3/c1-16(2)30-24-20(14-27-30)19(25(31)29(3)15-18-6-4-5-9-26-18)13-21(28-24)17-7-8-22-23(12-17)33-11-10-32-22/h4-9,12-14,16H,10-11,15H2,1-3H3. The first kappa shape index (κ1) is 20.9. The lowest BCUT2D eigenvalue weighted by Gasteiger charge is -2.20. The number of fused-ring (bicyclic) bond motifs is 2. The summed E-state index contributed by atoms with van der Waals surface area (Å²) in [5.74, 6) is 1.28. The molecule has 4 heterocycles. The van der Waals surface area contributed by atoms with Crippen LogP contribution in [-0.2, 0) is 6.54 Å². The van der Waals surface area contributed by atoms with Crippen molar-refractivity contribution in [1.29, 1.82) is 0 Å². The summed E-state index contributed by atoms with van der Waals surface area (Å²) in [5, 5.41) is 5.24. The summed E-state index contributed by atoms with van der Waals surface area (Å²) in [6, 6.07) is 13.3. The van der Waals surface area contributed by atoms with Gasteiger partial charge in [0, 0.05) is 24.8 Å². The lowest BCUT2D eigenvalue weighted by atomic mass is 10.0. The Kier molecular flexibility index (Phi) is 5.42. The van der Waals surface area contributed by atoms with Gasteiger partial charge in [-0.3, -0.25) is 9.78 Å². The van der Waals surface area contributed by atoms with Crippen molar-refractivity contribution in [2.75, 3.05) is 20.3 Å². The van der Waals surface area contributed by atoms with Gasteiger partial charge < -0.3 is 14.4 Å². The number of rotatable bonds is 5. The van der Waals surface area contributed by atoms with E-state index < -0.39 is 0 Å². The van der Waals surface area contributed by atoms with E-state index in [1.807, 2.05) is 61.0 Å². The third-order valence-corrected chi connectivity index (χ3v) is 5.60. The normalized spacial score (nSPS) is 12.8. The Morgan fingerprint density at radius 3 is 2.70 bits per heavy atom. The Labute approximate surface area is 191 Å². The van der Waals surface area contributed by atoms with Crippen LogP contribution in [0.3, 0.4) is 0 Å². The second-order valence-electron chi connectivity index (χ2n) is 8.32. The van der Waals surface area contributed by atoms with Crippen LogP contribution in [0.15, 0.2) is 54.9 Å². The van der Waals surface area contributed by atoms with Crippen molar-refractivity contribution in [3.63, 3.8) is 0 Å². The molecule has 8 nitrogen and oxygen atoms in total. The molecule has 1 aliphatic heterocycles. The monoisotopic (exact) mass is 443 g/mol. The van der Waals surface area contributed by atoms with E-state index in [4.69, 9.17) is 14.5 Å². The molecule has 1 aliphatic rings. The minimum atomic E-state index is -0.116. The fourth-order valence-electron chi connectivity index (χ4n) is 3.94. The maximum absolute atomic E-state index is 13.5. The van der Waals surface area contributed by atoms with Crippen LogP contribution >= 0.6 is 0 Å². The summed E-state index contributed by atoms with van der Waals surface area (Å²) in [6.07, 6.45) is 3.45. The zero-order valence-corrected chi connectivity index (χ0v) is 18.9. The van der Waals surface area contributed by atoms with Crippen LogP contribution in [-0.4, -0.2) is 50.8 Å². The number of pyridine rings is 2. The predicted molar refractivity (Wildman–Crippen MR) is 124 cm³/mol. The highest BCUT2D eigenvalue weighted by molar-refractivity contribution is 6.06. The van der Waals surface area contributed by atoms with Gasteiger partial charge in [0.2, 0.25) is 0 Å². The zero-order chi connectivity index (χ0) is 22.9. The SMILES string of the molecule is CC(C)n1ncc2c(C(=O)N(C)Cc3ccccn3)cc(-c3ccc4c(c3)OCCO4)nc21. The van der Waals surface area contributed by atoms with Gasteiger partial charge in [0.05, 0.1) is 35.1 Å². The van der Waals surface area contributed by atoms with Crippen molar-refractivity contribution >= 4 is 16.9 Å². The van der Waals surface area contributed by atoms with Crippen molar-refractivity contribution in [2.24, 2.45) is 0 Å². The lowest BCUT2D eigenvalue weighted by molar-refractivity contribution is 0.0785. The quantitative estimate of drug-likeness (QED) is 0.462. The van der Waals surface area contributed by atoms with E-state index in [1.54, 1.807) is 24.3 Å². The van der Waals surface area contributed by atoms with Gasteiger partial charge in [0.1, 0.15) is 13.2 Å². The molecule has 0 aliphatic carbocycles. The highest BCUT2D eigenvalue weighted by atomic mass is 16.6. The third kappa shape index (κ3) is 4.00. The summed E-state index contributed by atoms with van der Waals surface area (Å²) in [6.45, 7) is 5.52. The number of hydrogen-bond acceptors (Lipinski definition) is 6. The maximum atomic E-state index is 13.5. The Morgan fingerprint density at radius 2 is 1.94 bits per heavy atom. The van der Waals surface area contributed by atoms with Crippen LogP contribution < -0.4 is 9.47 Å². The molecule has 0 saturated carbocycles. The molecule has 4 aromatic rings. The van der Waals surface area contributed by atoms with E-state index in [-0.39, 0.29) is 11.9 Å². The summed E-state index contributed by atoms with van der Waals surface area (Å²) in [5.41, 5.74) is 3.57. The van der Waals surface area contributed by atoms with Gasteiger partial charge in [0.15, 0.2) is 17.1 Å². The van der Waals surface area contributed by atoms with E-state index >= 15 is 0 Å². The lowest BCUT2D eigenvalue weighted by Crippen LogP contribution is -2.27. The van der Waals surface area contributed by atoms with Crippen LogP contribution in [0.25, 0.3) is 22.3 Å². The van der Waals surface area contributed by atoms with Crippen LogP contribution in [0.1, 0.15) is 35.9 Å². The molecule has 0 spiro atoms. The van der Waals surface area contributed by atoms with Crippen LogP contribution in [0, 0.1) is 0 Å². The highest BCUT2D eigenvalue weighted by Crippen LogP contribution is 2.35. The van der Waals surface area contributed by atoms with Crippen LogP contribution in [0.5, 0.6) is 11.5 Å². The minimum Gasteiger partial charge on any atom is -0.486 e. The van der Waals surface area contributed by atoms with Gasteiger partial charge in [-0.05, 0) is 50.2 Å². The van der Waals surface area contributed by atoms with Crippen molar-refractivity contribution in [2.45, 2.75) is 26.4 Å². The van der Waals surface area contributed by atoms with Crippen LogP contribution in [0.2, 0.25) is 0 Å². The van der Waals surface area contributed by atoms with E-state index in [0.29, 0.717) is 48.2 Å². The smallest absolute Gasteiger partial charge is 0.254 e. The Bertz CT molecular complexity index is 1320. The molecule has 0 N–H and O–H groups in total. The maximum Gasteiger partial charge on any atom is 0.254 e. The molecule has 5 rings (SSSR count). The van der Waals surface area contributed by atoms with Gasteiger partial charge in [0.25, 0.3) is 5.91 Å². The summed E-state index contributed by atoms with van der Waals surface area (Å²) >= 11 is 0. The first-order chi connectivity index (χ1) is 16.0. The molecular weight excluding hydrogens is 418 g/mol. The number of ether oxygens (including phenoxy) is 2. The van der Waals surface area contributed by atoms with Gasteiger partial charge in [-0.15, -0.1) is 0 Å². The van der Waals surface area contributed by atoms with Gasteiger partial charge in [-0.2, -0.15) is 5.10 Å². The molecule has 0 saturated heterocycles. The van der Waals surface area contributed by atoms with E-state index in [1.165, 1.54) is 0 Å². The largest absolute Gasteiger partial charge is 0.486 e. The minimum absolute atomic E-state index is 0.0970. The van der Waals surface area contributed by atoms with Gasteiger partial charge in [-0.25, -0.2) is 9.67 Å². The summed E-state index contributed by atoms with van der Waals surface area (Å²) in [4.78, 5) is 24.4. The fourth-order valence-corrected chi connectivity index (χ4v) is 3.94. The van der Waals surface area contributed by atoms with Crippen LogP contribution in [0.4, 0.5) is 0 Å². The third-order valence-electron chi connectivity index (χ3n) is 5.60. The number of aromatic nitrogens is 4. The van der Waals surface area contributed by atoms with E-state index in [0.717, 1.165) is 16.6 Å². The molecule has 0 radical (unpaired) electrons. The van der Waals surface area contributed by atoms with Crippen molar-refractivity contribution in [1.82, 2.24) is 24.6 Å². The number of nitrogens with zero attached hydrogens (tertiary/aromatic N) is 5. The molecule has 8 heteroatoms. The topological polar surface area (TPSA) is 82.4 Å². The number of benzene rings is 1. The first-order valence-corrected chi connectivity index (χ1v) is 10.9. The molecule has 1 aromatic carbocycles. The highest BCUT2D eigenvalue weighted by Gasteiger charge is 2.22. The number of carbonyl (C=O) groups excluding carboxylic acids is 1. The molecule has 0 fully saturated rings. The first-order valence-electron chi connectivity index (χ1n) is 10.9. The molecule has 0 unspecified atom stereocenters. The van der Waals surface area contributed by atoms with Crippen molar-refractivity contribution < 1.29 is 14.3 Å². The van der Waals surface area contributed by atoms with Gasteiger partial charge >= 0.3 is 0 Å².